The second-order valence-electron chi connectivity index (χ2n) is 4.80. The van der Waals surface area contributed by atoms with E-state index in [4.69, 9.17) is 9.84 Å². The average Bonchev–Trinajstić information content (AvgIpc) is 2.33. The Kier molecular flexibility index (Phi) is 3.28. The minimum Gasteiger partial charge on any atom is -0.478 e. The fraction of sp³-hybridized carbons (Fsp3) is 0.357. The highest BCUT2D eigenvalue weighted by atomic mass is 19.4. The van der Waals surface area contributed by atoms with Crippen molar-refractivity contribution >= 4 is 12.0 Å². The maximum Gasteiger partial charge on any atom is 0.430 e. The molecule has 1 aliphatic heterocycles. The molecular weight excluding hydrogens is 273 g/mol. The standard InChI is InChI=1S/C14H13F3O3/c1-6-4-11-9(8(3)7(6)2)5-10(13(18)19)12(20-11)14(15,16)17/h4-5,12H,1-3H3,(H,18,19)/t12-/m0/s1. The molecule has 0 fully saturated rings. The first-order valence-electron chi connectivity index (χ1n) is 5.92. The molecule has 1 aromatic carbocycles. The molecule has 0 spiro atoms. The van der Waals surface area contributed by atoms with Crippen molar-refractivity contribution in [3.8, 4) is 5.75 Å². The normalized spacial score (nSPS) is 18.1. The van der Waals surface area contributed by atoms with E-state index in [9.17, 15) is 18.0 Å². The molecule has 0 saturated heterocycles. The summed E-state index contributed by atoms with van der Waals surface area (Å²) in [6.45, 7) is 5.33. The topological polar surface area (TPSA) is 46.5 Å². The van der Waals surface area contributed by atoms with Crippen molar-refractivity contribution in [2.45, 2.75) is 33.1 Å². The molecule has 108 valence electrons. The smallest absolute Gasteiger partial charge is 0.430 e. The molecule has 0 saturated carbocycles. The quantitative estimate of drug-likeness (QED) is 0.860. The zero-order valence-corrected chi connectivity index (χ0v) is 11.1. The first-order chi connectivity index (χ1) is 9.12. The maximum atomic E-state index is 12.9. The summed E-state index contributed by atoms with van der Waals surface area (Å²) in [5.74, 6) is -1.56. The van der Waals surface area contributed by atoms with Crippen LogP contribution in [0.15, 0.2) is 11.6 Å². The molecule has 2 rings (SSSR count). The summed E-state index contributed by atoms with van der Waals surface area (Å²) in [6.07, 6.45) is -6.15. The average molecular weight is 286 g/mol. The number of hydrogen-bond acceptors (Lipinski definition) is 2. The van der Waals surface area contributed by atoms with Crippen molar-refractivity contribution in [3.63, 3.8) is 0 Å². The van der Waals surface area contributed by atoms with Gasteiger partial charge in [-0.05, 0) is 49.6 Å². The number of aryl methyl sites for hydroxylation is 1. The van der Waals surface area contributed by atoms with Crippen LogP contribution in [0, 0.1) is 20.8 Å². The van der Waals surface area contributed by atoms with E-state index in [1.165, 1.54) is 6.07 Å². The van der Waals surface area contributed by atoms with Crippen LogP contribution in [0.3, 0.4) is 0 Å². The Morgan fingerprint density at radius 1 is 1.25 bits per heavy atom. The maximum absolute atomic E-state index is 12.9. The van der Waals surface area contributed by atoms with Gasteiger partial charge in [0, 0.05) is 5.56 Å². The predicted molar refractivity (Wildman–Crippen MR) is 66.7 cm³/mol. The number of ether oxygens (including phenoxy) is 1. The summed E-state index contributed by atoms with van der Waals surface area (Å²) in [5.41, 5.74) is 2.02. The number of carbonyl (C=O) groups is 1. The Morgan fingerprint density at radius 2 is 1.85 bits per heavy atom. The van der Waals surface area contributed by atoms with Crippen molar-refractivity contribution in [1.82, 2.24) is 0 Å². The number of carboxylic acid groups (broad SMARTS) is 1. The number of hydrogen-bond donors (Lipinski definition) is 1. The fourth-order valence-corrected chi connectivity index (χ4v) is 2.18. The Bertz CT molecular complexity index is 615. The second kappa shape index (κ2) is 4.54. The Balaban J connectivity index is 2.66. The second-order valence-corrected chi connectivity index (χ2v) is 4.80. The molecule has 20 heavy (non-hydrogen) atoms. The van der Waals surface area contributed by atoms with E-state index in [0.717, 1.165) is 22.8 Å². The van der Waals surface area contributed by atoms with Crippen molar-refractivity contribution in [1.29, 1.82) is 0 Å². The first kappa shape index (κ1) is 14.4. The van der Waals surface area contributed by atoms with Crippen LogP contribution >= 0.6 is 0 Å². The number of alkyl halides is 3. The minimum absolute atomic E-state index is 0.0675. The van der Waals surface area contributed by atoms with Crippen LogP contribution in [0.5, 0.6) is 5.75 Å². The van der Waals surface area contributed by atoms with Gasteiger partial charge in [0.05, 0.1) is 5.57 Å². The molecule has 6 heteroatoms. The van der Waals surface area contributed by atoms with Crippen molar-refractivity contribution in [2.24, 2.45) is 0 Å². The lowest BCUT2D eigenvalue weighted by Gasteiger charge is -2.28. The van der Waals surface area contributed by atoms with Gasteiger partial charge in [0.2, 0.25) is 6.10 Å². The Morgan fingerprint density at radius 3 is 2.35 bits per heavy atom. The van der Waals surface area contributed by atoms with E-state index >= 15 is 0 Å². The molecule has 1 aliphatic rings. The summed E-state index contributed by atoms with van der Waals surface area (Å²) in [4.78, 5) is 11.0. The number of aliphatic carboxylic acids is 1. The summed E-state index contributed by atoms with van der Waals surface area (Å²) in [7, 11) is 0. The third kappa shape index (κ3) is 2.26. The van der Waals surface area contributed by atoms with Gasteiger partial charge in [0.15, 0.2) is 0 Å². The molecule has 0 aromatic heterocycles. The van der Waals surface area contributed by atoms with Gasteiger partial charge in [-0.3, -0.25) is 0 Å². The molecule has 1 atom stereocenters. The third-order valence-corrected chi connectivity index (χ3v) is 3.54. The van der Waals surface area contributed by atoms with Crippen molar-refractivity contribution in [3.05, 3.63) is 33.9 Å². The largest absolute Gasteiger partial charge is 0.478 e. The van der Waals surface area contributed by atoms with Crippen LogP contribution < -0.4 is 4.74 Å². The van der Waals surface area contributed by atoms with Gasteiger partial charge in [-0.2, -0.15) is 13.2 Å². The predicted octanol–water partition coefficient (Wildman–Crippen LogP) is 3.40. The lowest BCUT2D eigenvalue weighted by molar-refractivity contribution is -0.187. The van der Waals surface area contributed by atoms with E-state index in [0.29, 0.717) is 5.56 Å². The van der Waals surface area contributed by atoms with Crippen LogP contribution in [0.4, 0.5) is 13.2 Å². The van der Waals surface area contributed by atoms with E-state index in [1.54, 1.807) is 13.8 Å². The highest BCUT2D eigenvalue weighted by Gasteiger charge is 2.48. The monoisotopic (exact) mass is 286 g/mol. The Labute approximate surface area is 113 Å². The van der Waals surface area contributed by atoms with Crippen LogP contribution in [0.1, 0.15) is 22.3 Å². The number of rotatable bonds is 1. The molecule has 1 heterocycles. The molecule has 1 aromatic rings. The van der Waals surface area contributed by atoms with E-state index in [1.807, 2.05) is 6.92 Å². The van der Waals surface area contributed by atoms with Gasteiger partial charge in [-0.25, -0.2) is 4.79 Å². The number of fused-ring (bicyclic) bond motifs is 1. The summed E-state index contributed by atoms with van der Waals surface area (Å²) >= 11 is 0. The summed E-state index contributed by atoms with van der Waals surface area (Å²) < 4.78 is 43.6. The highest BCUT2D eigenvalue weighted by molar-refractivity contribution is 5.95. The molecule has 0 unspecified atom stereocenters. The molecule has 0 aliphatic carbocycles. The van der Waals surface area contributed by atoms with E-state index in [-0.39, 0.29) is 5.75 Å². The molecule has 0 bridgehead atoms. The Hall–Kier alpha value is -1.98. The summed E-state index contributed by atoms with van der Waals surface area (Å²) in [6, 6.07) is 1.51. The molecule has 3 nitrogen and oxygen atoms in total. The number of benzene rings is 1. The summed E-state index contributed by atoms with van der Waals surface area (Å²) in [5, 5.41) is 8.96. The lowest BCUT2D eigenvalue weighted by atomic mass is 9.93. The molecule has 0 radical (unpaired) electrons. The van der Waals surface area contributed by atoms with Crippen LogP contribution in [0.2, 0.25) is 0 Å². The minimum atomic E-state index is -4.77. The number of halogens is 3. The van der Waals surface area contributed by atoms with Crippen LogP contribution in [-0.4, -0.2) is 23.4 Å². The van der Waals surface area contributed by atoms with Gasteiger partial charge < -0.3 is 9.84 Å². The van der Waals surface area contributed by atoms with Gasteiger partial charge >= 0.3 is 12.1 Å². The van der Waals surface area contributed by atoms with Crippen molar-refractivity contribution < 1.29 is 27.8 Å². The zero-order chi connectivity index (χ0) is 15.2. The lowest BCUT2D eigenvalue weighted by Crippen LogP contribution is -2.40. The van der Waals surface area contributed by atoms with Gasteiger partial charge in [-0.1, -0.05) is 0 Å². The SMILES string of the molecule is Cc1cc2c(c(C)c1C)C=C(C(=O)O)[C@@H](C(F)(F)F)O2. The third-order valence-electron chi connectivity index (χ3n) is 3.54. The van der Waals surface area contributed by atoms with Crippen LogP contribution in [-0.2, 0) is 4.79 Å². The molecule has 0 amide bonds. The van der Waals surface area contributed by atoms with Crippen LogP contribution in [0.25, 0.3) is 6.08 Å². The molecular formula is C14H13F3O3. The van der Waals surface area contributed by atoms with Gasteiger partial charge in [0.1, 0.15) is 5.75 Å². The highest BCUT2D eigenvalue weighted by Crippen LogP contribution is 2.40. The fourth-order valence-electron chi connectivity index (χ4n) is 2.18. The zero-order valence-electron chi connectivity index (χ0n) is 11.1. The van der Waals surface area contributed by atoms with Crippen molar-refractivity contribution in [2.75, 3.05) is 0 Å². The number of carboxylic acids is 1. The first-order valence-corrected chi connectivity index (χ1v) is 5.92. The molecule has 1 N–H and O–H groups in total. The van der Waals surface area contributed by atoms with E-state index < -0.39 is 23.8 Å². The van der Waals surface area contributed by atoms with Gasteiger partial charge in [-0.15, -0.1) is 0 Å². The van der Waals surface area contributed by atoms with E-state index in [2.05, 4.69) is 0 Å². The van der Waals surface area contributed by atoms with Gasteiger partial charge in [0.25, 0.3) is 0 Å².